The van der Waals surface area contributed by atoms with Gasteiger partial charge in [0.05, 0.1) is 6.04 Å². The first-order valence-electron chi connectivity index (χ1n) is 14.6. The molecule has 1 N–H and O–H groups in total. The SMILES string of the molecule is CNC(C(=O)N1CCN(C(C)(c2ccccc2)C2CCN(C)CC2)CC1)C(c1ccccc1)c1ccccc1. The minimum absolute atomic E-state index is 0.0311. The molecule has 0 spiro atoms. The highest BCUT2D eigenvalue weighted by molar-refractivity contribution is 5.84. The lowest BCUT2D eigenvalue weighted by molar-refractivity contribution is -0.137. The number of hydrogen-bond donors (Lipinski definition) is 1. The molecule has 5 nitrogen and oxygen atoms in total. The largest absolute Gasteiger partial charge is 0.339 e. The fourth-order valence-corrected chi connectivity index (χ4v) is 6.94. The summed E-state index contributed by atoms with van der Waals surface area (Å²) >= 11 is 0. The van der Waals surface area contributed by atoms with Gasteiger partial charge in [-0.3, -0.25) is 9.69 Å². The van der Waals surface area contributed by atoms with E-state index >= 15 is 0 Å². The number of amides is 1. The van der Waals surface area contributed by atoms with Gasteiger partial charge in [0.1, 0.15) is 0 Å². The molecule has 2 atom stereocenters. The lowest BCUT2D eigenvalue weighted by Crippen LogP contribution is -2.61. The van der Waals surface area contributed by atoms with Gasteiger partial charge in [0, 0.05) is 37.6 Å². The van der Waals surface area contributed by atoms with Crippen molar-refractivity contribution >= 4 is 5.91 Å². The van der Waals surface area contributed by atoms with Crippen LogP contribution in [0.5, 0.6) is 0 Å². The fourth-order valence-electron chi connectivity index (χ4n) is 6.94. The van der Waals surface area contributed by atoms with Crippen molar-refractivity contribution in [1.29, 1.82) is 0 Å². The number of piperazine rings is 1. The van der Waals surface area contributed by atoms with Gasteiger partial charge in [0.2, 0.25) is 5.91 Å². The molecule has 2 heterocycles. The first kappa shape index (κ1) is 27.6. The van der Waals surface area contributed by atoms with Crippen molar-refractivity contribution in [3.05, 3.63) is 108 Å². The van der Waals surface area contributed by atoms with E-state index in [-0.39, 0.29) is 23.4 Å². The van der Waals surface area contributed by atoms with Crippen LogP contribution < -0.4 is 5.32 Å². The summed E-state index contributed by atoms with van der Waals surface area (Å²) in [5.74, 6) is 0.747. The number of nitrogens with one attached hydrogen (secondary N) is 1. The maximum absolute atomic E-state index is 14.1. The lowest BCUT2D eigenvalue weighted by atomic mass is 9.73. The van der Waals surface area contributed by atoms with Crippen LogP contribution in [0.15, 0.2) is 91.0 Å². The van der Waals surface area contributed by atoms with Gasteiger partial charge < -0.3 is 15.1 Å². The molecule has 5 rings (SSSR count). The van der Waals surface area contributed by atoms with Gasteiger partial charge in [0.25, 0.3) is 0 Å². The van der Waals surface area contributed by atoms with Gasteiger partial charge in [0.15, 0.2) is 0 Å². The molecule has 206 valence electrons. The van der Waals surface area contributed by atoms with Gasteiger partial charge in [-0.25, -0.2) is 0 Å². The smallest absolute Gasteiger partial charge is 0.240 e. The van der Waals surface area contributed by atoms with Crippen molar-refractivity contribution in [3.63, 3.8) is 0 Å². The summed E-state index contributed by atoms with van der Waals surface area (Å²) in [6.45, 7) is 8.03. The summed E-state index contributed by atoms with van der Waals surface area (Å²) in [6.07, 6.45) is 2.41. The number of piperidine rings is 1. The third-order valence-electron chi connectivity index (χ3n) is 9.35. The van der Waals surface area contributed by atoms with Gasteiger partial charge in [-0.05, 0) is 69.6 Å². The molecule has 0 aromatic heterocycles. The van der Waals surface area contributed by atoms with Gasteiger partial charge in [-0.15, -0.1) is 0 Å². The number of likely N-dealkylation sites (N-methyl/N-ethyl adjacent to an activating group) is 1. The molecule has 3 aromatic rings. The maximum Gasteiger partial charge on any atom is 0.240 e. The zero-order valence-electron chi connectivity index (χ0n) is 23.8. The Bertz CT molecular complexity index is 1130. The highest BCUT2D eigenvalue weighted by atomic mass is 16.2. The van der Waals surface area contributed by atoms with Crippen LogP contribution in [0.3, 0.4) is 0 Å². The van der Waals surface area contributed by atoms with Crippen molar-refractivity contribution < 1.29 is 4.79 Å². The molecule has 39 heavy (non-hydrogen) atoms. The molecule has 5 heteroatoms. The number of carbonyl (C=O) groups is 1. The van der Waals surface area contributed by atoms with Crippen LogP contribution in [-0.2, 0) is 10.3 Å². The third-order valence-corrected chi connectivity index (χ3v) is 9.35. The predicted octanol–water partition coefficient (Wildman–Crippen LogP) is 4.81. The van der Waals surface area contributed by atoms with Crippen LogP contribution in [0.25, 0.3) is 0 Å². The maximum atomic E-state index is 14.1. The molecular weight excluding hydrogens is 480 g/mol. The van der Waals surface area contributed by atoms with Crippen molar-refractivity contribution in [2.45, 2.75) is 37.3 Å². The second kappa shape index (κ2) is 12.5. The molecule has 2 aliphatic rings. The second-order valence-corrected chi connectivity index (χ2v) is 11.5. The molecule has 3 aromatic carbocycles. The molecule has 2 aliphatic heterocycles. The standard InChI is InChI=1S/C34H44N4O/c1-34(29-17-11-6-12-18-29,30-19-21-36(3)22-20-30)38-25-23-37(24-26-38)33(39)32(35-2)31(27-13-7-4-8-14-27)28-15-9-5-10-16-28/h4-18,30-32,35H,19-26H2,1-3H3. The van der Waals surface area contributed by atoms with Crippen LogP contribution in [0.2, 0.25) is 0 Å². The van der Waals surface area contributed by atoms with E-state index in [0.717, 1.165) is 50.4 Å². The quantitative estimate of drug-likeness (QED) is 0.459. The summed E-state index contributed by atoms with van der Waals surface area (Å²) in [5, 5.41) is 3.41. The Morgan fingerprint density at radius 1 is 0.769 bits per heavy atom. The summed E-state index contributed by atoms with van der Waals surface area (Å²) in [4.78, 5) is 21.3. The van der Waals surface area contributed by atoms with E-state index in [9.17, 15) is 4.79 Å². The number of rotatable bonds is 8. The lowest BCUT2D eigenvalue weighted by Gasteiger charge is -2.52. The highest BCUT2D eigenvalue weighted by Crippen LogP contribution is 2.42. The second-order valence-electron chi connectivity index (χ2n) is 11.5. The zero-order valence-corrected chi connectivity index (χ0v) is 23.8. The molecule has 0 radical (unpaired) electrons. The molecule has 2 fully saturated rings. The third kappa shape index (κ3) is 5.81. The Balaban J connectivity index is 1.35. The topological polar surface area (TPSA) is 38.8 Å². The molecule has 1 amide bonds. The number of hydrogen-bond acceptors (Lipinski definition) is 4. The van der Waals surface area contributed by atoms with E-state index < -0.39 is 0 Å². The predicted molar refractivity (Wildman–Crippen MR) is 160 cm³/mol. The number of benzene rings is 3. The monoisotopic (exact) mass is 524 g/mol. The van der Waals surface area contributed by atoms with E-state index in [1.54, 1.807) is 0 Å². The van der Waals surface area contributed by atoms with Crippen LogP contribution in [0.4, 0.5) is 0 Å². The Labute approximate surface area is 234 Å². The first-order valence-corrected chi connectivity index (χ1v) is 14.6. The van der Waals surface area contributed by atoms with E-state index in [1.807, 2.05) is 19.2 Å². The Kier molecular flexibility index (Phi) is 8.81. The van der Waals surface area contributed by atoms with Gasteiger partial charge in [-0.1, -0.05) is 91.0 Å². The van der Waals surface area contributed by atoms with E-state index in [0.29, 0.717) is 5.92 Å². The highest BCUT2D eigenvalue weighted by Gasteiger charge is 2.44. The average molecular weight is 525 g/mol. The van der Waals surface area contributed by atoms with Crippen LogP contribution in [0.1, 0.15) is 42.4 Å². The first-order chi connectivity index (χ1) is 19.0. The molecule has 2 saturated heterocycles. The molecule has 0 saturated carbocycles. The average Bonchev–Trinajstić information content (AvgIpc) is 3.01. The Morgan fingerprint density at radius 2 is 1.26 bits per heavy atom. The molecular formula is C34H44N4O. The minimum Gasteiger partial charge on any atom is -0.339 e. The van der Waals surface area contributed by atoms with Crippen LogP contribution in [-0.4, -0.2) is 80.0 Å². The van der Waals surface area contributed by atoms with Crippen LogP contribution in [0, 0.1) is 5.92 Å². The van der Waals surface area contributed by atoms with Crippen molar-refractivity contribution in [2.24, 2.45) is 5.92 Å². The minimum atomic E-state index is -0.323. The molecule has 0 bridgehead atoms. The van der Waals surface area contributed by atoms with E-state index in [2.05, 4.69) is 113 Å². The van der Waals surface area contributed by atoms with Crippen molar-refractivity contribution in [3.8, 4) is 0 Å². The fraction of sp³-hybridized carbons (Fsp3) is 0.441. The molecule has 2 unspecified atom stereocenters. The normalized spacial score (nSPS) is 20.1. The summed E-state index contributed by atoms with van der Waals surface area (Å²) in [6, 6.07) is 31.6. The number of carbonyl (C=O) groups excluding carboxylic acids is 1. The number of nitrogens with zero attached hydrogens (tertiary/aromatic N) is 3. The van der Waals surface area contributed by atoms with Crippen LogP contribution >= 0.6 is 0 Å². The molecule has 0 aliphatic carbocycles. The summed E-state index contributed by atoms with van der Waals surface area (Å²) < 4.78 is 0. The van der Waals surface area contributed by atoms with Gasteiger partial charge in [-0.2, -0.15) is 0 Å². The zero-order chi connectivity index (χ0) is 27.2. The summed E-state index contributed by atoms with van der Waals surface area (Å²) in [7, 11) is 4.15. The van der Waals surface area contributed by atoms with Gasteiger partial charge >= 0.3 is 0 Å². The van der Waals surface area contributed by atoms with E-state index in [4.69, 9.17) is 0 Å². The summed E-state index contributed by atoms with van der Waals surface area (Å²) in [5.41, 5.74) is 3.69. The number of likely N-dealkylation sites (tertiary alicyclic amines) is 1. The Morgan fingerprint density at radius 3 is 1.74 bits per heavy atom. The van der Waals surface area contributed by atoms with E-state index in [1.165, 1.54) is 18.4 Å². The Hall–Kier alpha value is -2.99. The van der Waals surface area contributed by atoms with Crippen molar-refractivity contribution in [2.75, 3.05) is 53.4 Å². The van der Waals surface area contributed by atoms with Crippen molar-refractivity contribution in [1.82, 2.24) is 20.0 Å².